The van der Waals surface area contributed by atoms with E-state index >= 15 is 0 Å². The molecule has 0 aliphatic heterocycles. The van der Waals surface area contributed by atoms with Gasteiger partial charge < -0.3 is 0 Å². The van der Waals surface area contributed by atoms with E-state index in [0.29, 0.717) is 6.42 Å². The topological polar surface area (TPSA) is 36.7 Å². The first-order chi connectivity index (χ1) is 14.8. The summed E-state index contributed by atoms with van der Waals surface area (Å²) in [7, 11) is 0. The van der Waals surface area contributed by atoms with Crippen LogP contribution in [-0.2, 0) is 11.2 Å². The van der Waals surface area contributed by atoms with Gasteiger partial charge in [-0.25, -0.2) is 4.98 Å². The number of thiazole rings is 1. The smallest absolute Gasteiger partial charge is 0.116 e. The van der Waals surface area contributed by atoms with Crippen LogP contribution in [0.3, 0.4) is 0 Å². The fraction of sp³-hybridized carbons (Fsp3) is 0.0769. The molecule has 0 atom stereocenters. The minimum Gasteiger partial charge on any atom is -0.241 e. The molecule has 4 heteroatoms. The highest BCUT2D eigenvalue weighted by Gasteiger charge is 2.36. The lowest BCUT2D eigenvalue weighted by Crippen LogP contribution is -2.24. The number of thioether (sulfide) groups is 1. The number of nitriles is 1. The summed E-state index contributed by atoms with van der Waals surface area (Å²) < 4.78 is -0.382. The molecule has 0 saturated heterocycles. The predicted octanol–water partition coefficient (Wildman–Crippen LogP) is 6.91. The van der Waals surface area contributed by atoms with Gasteiger partial charge in [0.1, 0.15) is 5.01 Å². The van der Waals surface area contributed by atoms with Crippen molar-refractivity contribution in [2.75, 3.05) is 0 Å². The van der Waals surface area contributed by atoms with Crippen molar-refractivity contribution < 1.29 is 0 Å². The molecule has 3 aromatic carbocycles. The molecule has 0 N–H and O–H groups in total. The molecule has 0 fully saturated rings. The third-order valence-electron chi connectivity index (χ3n) is 4.83. The van der Waals surface area contributed by atoms with Gasteiger partial charge in [0.25, 0.3) is 0 Å². The molecule has 0 unspecified atom stereocenters. The Morgan fingerprint density at radius 2 is 1.33 bits per heavy atom. The zero-order valence-corrected chi connectivity index (χ0v) is 17.9. The minimum atomic E-state index is -0.382. The fourth-order valence-electron chi connectivity index (χ4n) is 3.48. The lowest BCUT2D eigenvalue weighted by molar-refractivity contribution is 0.900. The third kappa shape index (κ3) is 4.23. The first kappa shape index (κ1) is 20.2. The Morgan fingerprint density at radius 3 is 1.80 bits per heavy atom. The first-order valence-corrected chi connectivity index (χ1v) is 11.4. The molecule has 2 nitrogen and oxygen atoms in total. The Hall–Kier alpha value is -3.13. The maximum Gasteiger partial charge on any atom is 0.116 e. The molecule has 0 amide bonds. The summed E-state index contributed by atoms with van der Waals surface area (Å²) in [4.78, 5) is 4.53. The Kier molecular flexibility index (Phi) is 6.44. The van der Waals surface area contributed by atoms with E-state index in [9.17, 15) is 0 Å². The van der Waals surface area contributed by atoms with Crippen molar-refractivity contribution in [3.05, 3.63) is 129 Å². The van der Waals surface area contributed by atoms with E-state index in [4.69, 9.17) is 5.26 Å². The maximum absolute atomic E-state index is 8.88. The molecule has 0 saturated carbocycles. The molecular formula is C26H20N2S2. The highest BCUT2D eigenvalue weighted by Crippen LogP contribution is 2.49. The second-order valence-electron chi connectivity index (χ2n) is 6.71. The van der Waals surface area contributed by atoms with E-state index < -0.39 is 0 Å². The van der Waals surface area contributed by atoms with Gasteiger partial charge in [-0.3, -0.25) is 0 Å². The van der Waals surface area contributed by atoms with Crippen molar-refractivity contribution in [2.24, 2.45) is 0 Å². The van der Waals surface area contributed by atoms with Crippen LogP contribution in [-0.4, -0.2) is 4.98 Å². The van der Waals surface area contributed by atoms with Gasteiger partial charge in [-0.15, -0.1) is 23.1 Å². The SMILES string of the molecule is N#CCc1csc(C=CSC(c2ccccc2)(c2ccccc2)c2ccccc2)n1. The Bertz CT molecular complexity index is 1050. The van der Waals surface area contributed by atoms with Crippen molar-refractivity contribution in [3.63, 3.8) is 0 Å². The molecule has 0 bridgehead atoms. The van der Waals surface area contributed by atoms with Gasteiger partial charge in [0, 0.05) is 5.38 Å². The average Bonchev–Trinajstić information content (AvgIpc) is 3.26. The molecule has 0 radical (unpaired) electrons. The van der Waals surface area contributed by atoms with Crippen LogP contribution < -0.4 is 0 Å². The summed E-state index contributed by atoms with van der Waals surface area (Å²) >= 11 is 3.33. The van der Waals surface area contributed by atoms with Crippen LogP contribution >= 0.6 is 23.1 Å². The van der Waals surface area contributed by atoms with Gasteiger partial charge in [-0.05, 0) is 28.2 Å². The average molecular weight is 425 g/mol. The van der Waals surface area contributed by atoms with Gasteiger partial charge in [-0.2, -0.15) is 5.26 Å². The van der Waals surface area contributed by atoms with E-state index in [1.54, 1.807) is 23.1 Å². The Balaban J connectivity index is 1.80. The molecular weight excluding hydrogens is 404 g/mol. The van der Waals surface area contributed by atoms with Gasteiger partial charge in [0.15, 0.2) is 0 Å². The van der Waals surface area contributed by atoms with Crippen molar-refractivity contribution in [2.45, 2.75) is 11.2 Å². The van der Waals surface area contributed by atoms with E-state index in [1.165, 1.54) is 16.7 Å². The number of aromatic nitrogens is 1. The summed E-state index contributed by atoms with van der Waals surface area (Å²) in [5.74, 6) is 0. The number of hydrogen-bond acceptors (Lipinski definition) is 4. The Labute approximate surface area is 185 Å². The zero-order chi connectivity index (χ0) is 20.7. The molecule has 0 spiro atoms. The number of hydrogen-bond donors (Lipinski definition) is 0. The van der Waals surface area contributed by atoms with Crippen LogP contribution in [0.1, 0.15) is 27.4 Å². The summed E-state index contributed by atoms with van der Waals surface area (Å²) in [6, 6.07) is 34.0. The second-order valence-corrected chi connectivity index (χ2v) is 8.72. The summed E-state index contributed by atoms with van der Waals surface area (Å²) in [5.41, 5.74) is 4.50. The largest absolute Gasteiger partial charge is 0.241 e. The van der Waals surface area contributed by atoms with Gasteiger partial charge in [0.2, 0.25) is 0 Å². The second kappa shape index (κ2) is 9.58. The Morgan fingerprint density at radius 1 is 0.833 bits per heavy atom. The van der Waals surface area contributed by atoms with Crippen molar-refractivity contribution in [1.29, 1.82) is 5.26 Å². The maximum atomic E-state index is 8.88. The van der Waals surface area contributed by atoms with Crippen LogP contribution in [0.25, 0.3) is 6.08 Å². The number of benzene rings is 3. The standard InChI is InChI=1S/C26H20N2S2/c27-18-16-24-20-29-25(28-24)17-19-30-26(21-10-4-1-5-11-21,22-12-6-2-7-13-22)23-14-8-3-9-15-23/h1-15,17,19-20H,16H2. The highest BCUT2D eigenvalue weighted by molar-refractivity contribution is 8.03. The molecule has 4 rings (SSSR count). The van der Waals surface area contributed by atoms with E-state index in [2.05, 4.69) is 107 Å². The van der Waals surface area contributed by atoms with Crippen LogP contribution in [0.15, 0.2) is 102 Å². The first-order valence-electron chi connectivity index (χ1n) is 9.65. The van der Waals surface area contributed by atoms with Crippen LogP contribution in [0.4, 0.5) is 0 Å². The van der Waals surface area contributed by atoms with Crippen molar-refractivity contribution >= 4 is 29.2 Å². The molecule has 1 heterocycles. The quantitative estimate of drug-likeness (QED) is 0.303. The van der Waals surface area contributed by atoms with Crippen LogP contribution in [0.2, 0.25) is 0 Å². The van der Waals surface area contributed by atoms with Crippen molar-refractivity contribution in [3.8, 4) is 6.07 Å². The third-order valence-corrected chi connectivity index (χ3v) is 7.02. The van der Waals surface area contributed by atoms with Gasteiger partial charge >= 0.3 is 0 Å². The molecule has 1 aromatic heterocycles. The lowest BCUT2D eigenvalue weighted by atomic mass is 9.84. The van der Waals surface area contributed by atoms with E-state index in [-0.39, 0.29) is 4.75 Å². The van der Waals surface area contributed by atoms with Crippen LogP contribution in [0.5, 0.6) is 0 Å². The van der Waals surface area contributed by atoms with Crippen molar-refractivity contribution in [1.82, 2.24) is 4.98 Å². The molecule has 30 heavy (non-hydrogen) atoms. The summed E-state index contributed by atoms with van der Waals surface area (Å²) in [6.45, 7) is 0. The molecule has 0 aliphatic carbocycles. The van der Waals surface area contributed by atoms with E-state index in [0.717, 1.165) is 10.7 Å². The predicted molar refractivity (Wildman–Crippen MR) is 127 cm³/mol. The summed E-state index contributed by atoms with van der Waals surface area (Å²) in [6.07, 6.45) is 2.39. The molecule has 4 aromatic rings. The van der Waals surface area contributed by atoms with Gasteiger partial charge in [-0.1, -0.05) is 91.0 Å². The minimum absolute atomic E-state index is 0.347. The highest BCUT2D eigenvalue weighted by atomic mass is 32.2. The van der Waals surface area contributed by atoms with E-state index in [1.807, 2.05) is 11.5 Å². The zero-order valence-electron chi connectivity index (χ0n) is 16.3. The molecule has 146 valence electrons. The normalized spacial score (nSPS) is 11.4. The van der Waals surface area contributed by atoms with Crippen LogP contribution in [0, 0.1) is 11.3 Å². The number of rotatable bonds is 7. The number of nitrogens with zero attached hydrogens (tertiary/aromatic N) is 2. The monoisotopic (exact) mass is 424 g/mol. The lowest BCUT2D eigenvalue weighted by Gasteiger charge is -2.34. The molecule has 0 aliphatic rings. The summed E-state index contributed by atoms with van der Waals surface area (Å²) in [5, 5.41) is 13.9. The fourth-order valence-corrected chi connectivity index (χ4v) is 5.49. The van der Waals surface area contributed by atoms with Gasteiger partial charge in [0.05, 0.1) is 22.9 Å².